The summed E-state index contributed by atoms with van der Waals surface area (Å²) >= 11 is 6.07. The second kappa shape index (κ2) is 5.14. The third kappa shape index (κ3) is 3.22. The zero-order chi connectivity index (χ0) is 11.4. The predicted molar refractivity (Wildman–Crippen MR) is 60.1 cm³/mol. The van der Waals surface area contributed by atoms with Crippen molar-refractivity contribution >= 4 is 17.6 Å². The molecule has 15 heavy (non-hydrogen) atoms. The zero-order valence-corrected chi connectivity index (χ0v) is 9.29. The van der Waals surface area contributed by atoms with Crippen molar-refractivity contribution < 1.29 is 9.90 Å². The van der Waals surface area contributed by atoms with E-state index in [0.29, 0.717) is 17.9 Å². The maximum atomic E-state index is 10.5. The minimum absolute atomic E-state index is 0.401. The molecule has 3 nitrogen and oxygen atoms in total. The van der Waals surface area contributed by atoms with Crippen molar-refractivity contribution in [3.05, 3.63) is 34.3 Å². The Morgan fingerprint density at radius 3 is 2.87 bits per heavy atom. The number of carbonyl (C=O) groups is 1. The summed E-state index contributed by atoms with van der Waals surface area (Å²) in [7, 11) is 0. The number of hydrogen-bond acceptors (Lipinski definition) is 2. The lowest BCUT2D eigenvalue weighted by atomic mass is 10.0. The molecule has 0 amide bonds. The molecular formula is C11H14ClNO2. The predicted octanol–water partition coefficient (Wildman–Crippen LogP) is 1.99. The summed E-state index contributed by atoms with van der Waals surface area (Å²) in [4.78, 5) is 10.5. The lowest BCUT2D eigenvalue weighted by Crippen LogP contribution is -2.30. The number of benzene rings is 1. The maximum Gasteiger partial charge on any atom is 0.320 e. The minimum Gasteiger partial charge on any atom is -0.480 e. The van der Waals surface area contributed by atoms with Gasteiger partial charge >= 0.3 is 5.97 Å². The Morgan fingerprint density at radius 1 is 1.60 bits per heavy atom. The van der Waals surface area contributed by atoms with Gasteiger partial charge < -0.3 is 10.8 Å². The van der Waals surface area contributed by atoms with Crippen LogP contribution in [0.1, 0.15) is 17.5 Å². The van der Waals surface area contributed by atoms with E-state index in [0.717, 1.165) is 11.1 Å². The molecule has 0 aliphatic heterocycles. The Kier molecular flexibility index (Phi) is 4.12. The third-order valence-electron chi connectivity index (χ3n) is 2.31. The molecule has 0 aliphatic carbocycles. The van der Waals surface area contributed by atoms with Crippen molar-refractivity contribution in [2.75, 3.05) is 0 Å². The van der Waals surface area contributed by atoms with Gasteiger partial charge in [0.1, 0.15) is 6.04 Å². The molecule has 0 spiro atoms. The Labute approximate surface area is 93.9 Å². The SMILES string of the molecule is Cc1cccc(CCC(N)C(=O)O)c1Cl. The number of carboxylic acid groups (broad SMARTS) is 1. The van der Waals surface area contributed by atoms with Crippen molar-refractivity contribution in [3.63, 3.8) is 0 Å². The van der Waals surface area contributed by atoms with Crippen LogP contribution >= 0.6 is 11.6 Å². The molecule has 82 valence electrons. The van der Waals surface area contributed by atoms with Crippen molar-refractivity contribution in [1.29, 1.82) is 0 Å². The van der Waals surface area contributed by atoms with Gasteiger partial charge in [0.15, 0.2) is 0 Å². The Balaban J connectivity index is 2.66. The summed E-state index contributed by atoms with van der Waals surface area (Å²) in [6.45, 7) is 1.92. The van der Waals surface area contributed by atoms with Crippen LogP contribution in [0.25, 0.3) is 0 Å². The standard InChI is InChI=1S/C11H14ClNO2/c1-7-3-2-4-8(10(7)12)5-6-9(13)11(14)15/h2-4,9H,5-6,13H2,1H3,(H,14,15). The normalized spacial score (nSPS) is 12.5. The molecule has 0 heterocycles. The fourth-order valence-electron chi connectivity index (χ4n) is 1.34. The molecule has 1 rings (SSSR count). The molecule has 0 saturated carbocycles. The number of hydrogen-bond donors (Lipinski definition) is 2. The van der Waals surface area contributed by atoms with Crippen LogP contribution < -0.4 is 5.73 Å². The highest BCUT2D eigenvalue weighted by Gasteiger charge is 2.12. The van der Waals surface area contributed by atoms with Gasteiger partial charge in [-0.25, -0.2) is 0 Å². The second-order valence-electron chi connectivity index (χ2n) is 3.53. The largest absolute Gasteiger partial charge is 0.480 e. The molecule has 0 fully saturated rings. The van der Waals surface area contributed by atoms with Crippen LogP contribution in [-0.4, -0.2) is 17.1 Å². The number of nitrogens with two attached hydrogens (primary N) is 1. The number of carboxylic acids is 1. The molecule has 4 heteroatoms. The van der Waals surface area contributed by atoms with Gasteiger partial charge in [-0.05, 0) is 30.9 Å². The van der Waals surface area contributed by atoms with Gasteiger partial charge in [0.2, 0.25) is 0 Å². The van der Waals surface area contributed by atoms with E-state index in [1.807, 2.05) is 25.1 Å². The molecular weight excluding hydrogens is 214 g/mol. The van der Waals surface area contributed by atoms with Crippen LogP contribution in [0.3, 0.4) is 0 Å². The summed E-state index contributed by atoms with van der Waals surface area (Å²) in [6, 6.07) is 4.90. The van der Waals surface area contributed by atoms with Crippen LogP contribution in [0.2, 0.25) is 5.02 Å². The van der Waals surface area contributed by atoms with E-state index in [4.69, 9.17) is 22.4 Å². The summed E-state index contributed by atoms with van der Waals surface area (Å²) in [6.07, 6.45) is 0.993. The van der Waals surface area contributed by atoms with Gasteiger partial charge in [-0.3, -0.25) is 4.79 Å². The molecule has 1 atom stereocenters. The van der Waals surface area contributed by atoms with Gasteiger partial charge in [-0.1, -0.05) is 29.8 Å². The molecule has 0 aromatic heterocycles. The van der Waals surface area contributed by atoms with Crippen molar-refractivity contribution in [2.45, 2.75) is 25.8 Å². The van der Waals surface area contributed by atoms with Crippen LogP contribution in [-0.2, 0) is 11.2 Å². The number of aryl methyl sites for hydroxylation is 2. The van der Waals surface area contributed by atoms with E-state index in [1.165, 1.54) is 0 Å². The average Bonchev–Trinajstić information content (AvgIpc) is 2.19. The van der Waals surface area contributed by atoms with Crippen molar-refractivity contribution in [3.8, 4) is 0 Å². The second-order valence-corrected chi connectivity index (χ2v) is 3.91. The fourth-order valence-corrected chi connectivity index (χ4v) is 1.56. The highest BCUT2D eigenvalue weighted by Crippen LogP contribution is 2.21. The molecule has 0 saturated heterocycles. The van der Waals surface area contributed by atoms with Crippen LogP contribution in [0, 0.1) is 6.92 Å². The van der Waals surface area contributed by atoms with Gasteiger partial charge in [-0.15, -0.1) is 0 Å². The summed E-state index contributed by atoms with van der Waals surface area (Å²) in [5, 5.41) is 9.33. The first-order chi connectivity index (χ1) is 7.02. The van der Waals surface area contributed by atoms with Crippen LogP contribution in [0.5, 0.6) is 0 Å². The Hall–Kier alpha value is -1.06. The lowest BCUT2D eigenvalue weighted by molar-refractivity contribution is -0.138. The van der Waals surface area contributed by atoms with Gasteiger partial charge in [0.05, 0.1) is 0 Å². The van der Waals surface area contributed by atoms with Gasteiger partial charge in [0.25, 0.3) is 0 Å². The highest BCUT2D eigenvalue weighted by atomic mass is 35.5. The fraction of sp³-hybridized carbons (Fsp3) is 0.364. The van der Waals surface area contributed by atoms with Crippen LogP contribution in [0.4, 0.5) is 0 Å². The molecule has 1 aromatic carbocycles. The maximum absolute atomic E-state index is 10.5. The smallest absolute Gasteiger partial charge is 0.320 e. The molecule has 1 unspecified atom stereocenters. The van der Waals surface area contributed by atoms with E-state index in [9.17, 15) is 4.79 Å². The molecule has 0 radical (unpaired) electrons. The average molecular weight is 228 g/mol. The third-order valence-corrected chi connectivity index (χ3v) is 2.85. The number of aliphatic carboxylic acids is 1. The van der Waals surface area contributed by atoms with Crippen molar-refractivity contribution in [1.82, 2.24) is 0 Å². The topological polar surface area (TPSA) is 63.3 Å². The summed E-state index contributed by atoms with van der Waals surface area (Å²) in [5.74, 6) is -0.973. The van der Waals surface area contributed by atoms with E-state index < -0.39 is 12.0 Å². The molecule has 1 aromatic rings. The van der Waals surface area contributed by atoms with E-state index in [1.54, 1.807) is 0 Å². The van der Waals surface area contributed by atoms with Gasteiger partial charge in [-0.2, -0.15) is 0 Å². The zero-order valence-electron chi connectivity index (χ0n) is 8.53. The monoisotopic (exact) mass is 227 g/mol. The number of halogens is 1. The first-order valence-electron chi connectivity index (χ1n) is 4.74. The highest BCUT2D eigenvalue weighted by molar-refractivity contribution is 6.32. The Bertz CT molecular complexity index is 366. The van der Waals surface area contributed by atoms with E-state index in [2.05, 4.69) is 0 Å². The molecule has 0 aliphatic rings. The Morgan fingerprint density at radius 2 is 2.27 bits per heavy atom. The van der Waals surface area contributed by atoms with E-state index in [-0.39, 0.29) is 0 Å². The number of rotatable bonds is 4. The van der Waals surface area contributed by atoms with Crippen LogP contribution in [0.15, 0.2) is 18.2 Å². The summed E-state index contributed by atoms with van der Waals surface area (Å²) < 4.78 is 0. The first-order valence-corrected chi connectivity index (χ1v) is 5.12. The minimum atomic E-state index is -0.973. The summed E-state index contributed by atoms with van der Waals surface area (Å²) in [5.41, 5.74) is 7.36. The molecule has 0 bridgehead atoms. The lowest BCUT2D eigenvalue weighted by Gasteiger charge is -2.08. The first kappa shape index (κ1) is 12.0. The van der Waals surface area contributed by atoms with Gasteiger partial charge in [0, 0.05) is 5.02 Å². The molecule has 3 N–H and O–H groups in total. The quantitative estimate of drug-likeness (QED) is 0.827. The van der Waals surface area contributed by atoms with Crippen molar-refractivity contribution in [2.24, 2.45) is 5.73 Å². The van der Waals surface area contributed by atoms with E-state index >= 15 is 0 Å².